The van der Waals surface area contributed by atoms with E-state index < -0.39 is 0 Å². The molecule has 3 saturated carbocycles. The summed E-state index contributed by atoms with van der Waals surface area (Å²) in [5, 5.41) is 19.7. The third kappa shape index (κ3) is 0.980. The Morgan fingerprint density at radius 3 is 2.27 bits per heavy atom. The number of hydrogen-bond donors (Lipinski definition) is 2. The lowest BCUT2D eigenvalue weighted by Crippen LogP contribution is -2.44. The van der Waals surface area contributed by atoms with Crippen LogP contribution in [0.15, 0.2) is 0 Å². The molecular weight excluding hydrogens is 188 g/mol. The van der Waals surface area contributed by atoms with Gasteiger partial charge >= 0.3 is 0 Å². The van der Waals surface area contributed by atoms with Crippen LogP contribution >= 0.6 is 0 Å². The van der Waals surface area contributed by atoms with Gasteiger partial charge in [-0.25, -0.2) is 0 Å². The zero-order valence-corrected chi connectivity index (χ0v) is 9.41. The van der Waals surface area contributed by atoms with Gasteiger partial charge in [0, 0.05) is 24.0 Å². The summed E-state index contributed by atoms with van der Waals surface area (Å²) in [4.78, 5) is 0. The molecule has 2 heteroatoms. The largest absolute Gasteiger partial charge is 0.396 e. The Morgan fingerprint density at radius 2 is 1.53 bits per heavy atom. The highest BCUT2D eigenvalue weighted by Crippen LogP contribution is 2.71. The Hall–Kier alpha value is -0.0800. The molecule has 2 N–H and O–H groups in total. The van der Waals surface area contributed by atoms with Crippen LogP contribution in [0.25, 0.3) is 0 Å². The van der Waals surface area contributed by atoms with Crippen molar-refractivity contribution in [3.8, 4) is 0 Å². The molecule has 0 aromatic rings. The summed E-state index contributed by atoms with van der Waals surface area (Å²) in [5.74, 6) is 1.41. The van der Waals surface area contributed by atoms with Gasteiger partial charge in [-0.05, 0) is 43.9 Å². The van der Waals surface area contributed by atoms with E-state index in [4.69, 9.17) is 0 Å². The summed E-state index contributed by atoms with van der Waals surface area (Å²) in [7, 11) is 0. The normalized spacial score (nSPS) is 53.2. The van der Waals surface area contributed by atoms with Crippen molar-refractivity contribution >= 4 is 0 Å². The summed E-state index contributed by atoms with van der Waals surface area (Å²) < 4.78 is 0. The van der Waals surface area contributed by atoms with Crippen LogP contribution in [-0.2, 0) is 0 Å². The van der Waals surface area contributed by atoms with E-state index >= 15 is 0 Å². The molecule has 0 heterocycles. The number of rotatable bonds is 2. The van der Waals surface area contributed by atoms with E-state index in [0.717, 1.165) is 6.42 Å². The number of aliphatic hydroxyl groups excluding tert-OH is 2. The average Bonchev–Trinajstić information content (AvgIpc) is 2.62. The third-order valence-electron chi connectivity index (χ3n) is 6.05. The fraction of sp³-hybridized carbons (Fsp3) is 1.00. The van der Waals surface area contributed by atoms with Crippen molar-refractivity contribution in [2.75, 3.05) is 13.2 Å². The first-order valence-electron chi connectivity index (χ1n) is 6.51. The van der Waals surface area contributed by atoms with Crippen molar-refractivity contribution in [3.05, 3.63) is 0 Å². The Balaban J connectivity index is 2.07. The highest BCUT2D eigenvalue weighted by Gasteiger charge is 2.67. The van der Waals surface area contributed by atoms with Crippen LogP contribution in [0, 0.1) is 22.7 Å². The summed E-state index contributed by atoms with van der Waals surface area (Å²) in [6.07, 6.45) is 8.71. The fourth-order valence-corrected chi connectivity index (χ4v) is 5.30. The molecule has 0 saturated heterocycles. The van der Waals surface area contributed by atoms with Crippen LogP contribution in [0.2, 0.25) is 0 Å². The topological polar surface area (TPSA) is 40.5 Å². The molecule has 3 aliphatic rings. The maximum atomic E-state index is 9.86. The van der Waals surface area contributed by atoms with E-state index in [1.54, 1.807) is 0 Å². The molecular formula is C13H22O2. The van der Waals surface area contributed by atoms with Crippen LogP contribution in [0.5, 0.6) is 0 Å². The van der Waals surface area contributed by atoms with Gasteiger partial charge in [-0.1, -0.05) is 12.8 Å². The lowest BCUT2D eigenvalue weighted by atomic mass is 9.63. The first-order chi connectivity index (χ1) is 7.29. The number of hydrogen-bond acceptors (Lipinski definition) is 2. The fourth-order valence-electron chi connectivity index (χ4n) is 5.30. The van der Waals surface area contributed by atoms with Gasteiger partial charge < -0.3 is 10.2 Å². The van der Waals surface area contributed by atoms with Crippen molar-refractivity contribution < 1.29 is 10.2 Å². The van der Waals surface area contributed by atoms with E-state index in [0.29, 0.717) is 25.0 Å². The molecule has 0 amide bonds. The minimum Gasteiger partial charge on any atom is -0.396 e. The first-order valence-corrected chi connectivity index (χ1v) is 6.51. The van der Waals surface area contributed by atoms with Crippen LogP contribution in [0.1, 0.15) is 44.9 Å². The minimum absolute atomic E-state index is 0.100. The molecule has 0 aliphatic heterocycles. The Labute approximate surface area is 91.7 Å². The quantitative estimate of drug-likeness (QED) is 0.731. The van der Waals surface area contributed by atoms with Gasteiger partial charge in [-0.3, -0.25) is 0 Å². The van der Waals surface area contributed by atoms with Crippen LogP contribution in [-0.4, -0.2) is 23.4 Å². The zero-order chi connectivity index (χ0) is 10.5. The van der Waals surface area contributed by atoms with Crippen LogP contribution in [0.3, 0.4) is 0 Å². The van der Waals surface area contributed by atoms with Gasteiger partial charge in [-0.15, -0.1) is 0 Å². The molecule has 0 spiro atoms. The monoisotopic (exact) mass is 210 g/mol. The summed E-state index contributed by atoms with van der Waals surface area (Å²) in [6, 6.07) is 0. The summed E-state index contributed by atoms with van der Waals surface area (Å²) in [5.41, 5.74) is 0.200. The molecule has 4 atom stereocenters. The maximum absolute atomic E-state index is 9.86. The Morgan fingerprint density at radius 1 is 0.867 bits per heavy atom. The van der Waals surface area contributed by atoms with Crippen molar-refractivity contribution in [2.45, 2.75) is 44.9 Å². The van der Waals surface area contributed by atoms with E-state index in [9.17, 15) is 10.2 Å². The second kappa shape index (κ2) is 3.21. The van der Waals surface area contributed by atoms with E-state index in [2.05, 4.69) is 0 Å². The molecule has 15 heavy (non-hydrogen) atoms. The molecule has 3 fully saturated rings. The summed E-state index contributed by atoms with van der Waals surface area (Å²) in [6.45, 7) is 0.628. The van der Waals surface area contributed by atoms with Crippen molar-refractivity contribution in [3.63, 3.8) is 0 Å². The van der Waals surface area contributed by atoms with Crippen molar-refractivity contribution in [2.24, 2.45) is 22.7 Å². The highest BCUT2D eigenvalue weighted by atomic mass is 16.3. The zero-order valence-electron chi connectivity index (χ0n) is 9.41. The van der Waals surface area contributed by atoms with E-state index in [1.807, 2.05) is 0 Å². The lowest BCUT2D eigenvalue weighted by molar-refractivity contribution is -0.0443. The average molecular weight is 210 g/mol. The van der Waals surface area contributed by atoms with Gasteiger partial charge in [0.05, 0.1) is 0 Å². The van der Waals surface area contributed by atoms with Gasteiger partial charge in [0.25, 0.3) is 0 Å². The molecule has 3 rings (SSSR count). The third-order valence-corrected chi connectivity index (χ3v) is 6.05. The van der Waals surface area contributed by atoms with Crippen LogP contribution in [0.4, 0.5) is 0 Å². The standard InChI is InChI=1S/C13H22O2/c14-8-12-5-2-1-3-10-7-11(12)4-6-13(10,12)9-15/h10-11,14-15H,1-9H2. The molecule has 4 unspecified atom stereocenters. The number of aliphatic hydroxyl groups is 2. The maximum Gasteiger partial charge on any atom is 0.0496 e. The van der Waals surface area contributed by atoms with Gasteiger partial charge in [0.1, 0.15) is 0 Å². The molecule has 2 nitrogen and oxygen atoms in total. The Bertz CT molecular complexity index is 261. The van der Waals surface area contributed by atoms with Crippen molar-refractivity contribution in [1.29, 1.82) is 0 Å². The Kier molecular flexibility index (Phi) is 2.16. The van der Waals surface area contributed by atoms with Crippen molar-refractivity contribution in [1.82, 2.24) is 0 Å². The summed E-state index contributed by atoms with van der Waals surface area (Å²) >= 11 is 0. The minimum atomic E-state index is 0.100. The smallest absolute Gasteiger partial charge is 0.0496 e. The highest BCUT2D eigenvalue weighted by molar-refractivity contribution is 5.16. The molecule has 86 valence electrons. The van der Waals surface area contributed by atoms with E-state index in [1.165, 1.54) is 38.5 Å². The second-order valence-corrected chi connectivity index (χ2v) is 6.04. The molecule has 0 aromatic heterocycles. The van der Waals surface area contributed by atoms with Crippen LogP contribution < -0.4 is 0 Å². The molecule has 4 bridgehead atoms. The van der Waals surface area contributed by atoms with Gasteiger partial charge in [0.2, 0.25) is 0 Å². The molecule has 0 aromatic carbocycles. The van der Waals surface area contributed by atoms with Gasteiger partial charge in [0.15, 0.2) is 0 Å². The predicted octanol–water partition coefficient (Wildman–Crippen LogP) is 1.95. The predicted molar refractivity (Wildman–Crippen MR) is 58.3 cm³/mol. The first kappa shape index (κ1) is 10.1. The second-order valence-electron chi connectivity index (χ2n) is 6.04. The van der Waals surface area contributed by atoms with E-state index in [-0.39, 0.29) is 10.8 Å². The molecule has 3 aliphatic carbocycles. The SMILES string of the molecule is OCC12CCCCC3CC1CCC32CO. The van der Waals surface area contributed by atoms with Gasteiger partial charge in [-0.2, -0.15) is 0 Å². The lowest BCUT2D eigenvalue weighted by Gasteiger charge is -2.43. The molecule has 0 radical (unpaired) electrons.